The van der Waals surface area contributed by atoms with Crippen molar-refractivity contribution >= 4 is 17.8 Å². The maximum absolute atomic E-state index is 12.0. The first-order valence-corrected chi connectivity index (χ1v) is 5.24. The molecule has 2 aliphatic rings. The molecule has 0 aromatic carbocycles. The number of aliphatic carboxylic acids is 1. The average molecular weight is 225 g/mol. The van der Waals surface area contributed by atoms with Gasteiger partial charge in [0.1, 0.15) is 5.54 Å². The lowest BCUT2D eigenvalue weighted by Gasteiger charge is -2.32. The zero-order valence-corrected chi connectivity index (χ0v) is 9.77. The van der Waals surface area contributed by atoms with Crippen LogP contribution < -0.4 is 0 Å². The summed E-state index contributed by atoms with van der Waals surface area (Å²) in [5.74, 6) is -2.48. The second-order valence-corrected chi connectivity index (χ2v) is 5.65. The molecule has 2 rings (SSSR count). The van der Waals surface area contributed by atoms with E-state index >= 15 is 0 Å². The van der Waals surface area contributed by atoms with Crippen molar-refractivity contribution in [3.63, 3.8) is 0 Å². The van der Waals surface area contributed by atoms with Crippen LogP contribution in [-0.4, -0.2) is 33.3 Å². The summed E-state index contributed by atoms with van der Waals surface area (Å²) < 4.78 is 0. The van der Waals surface area contributed by atoms with Crippen molar-refractivity contribution in [3.8, 4) is 0 Å². The van der Waals surface area contributed by atoms with E-state index in [0.29, 0.717) is 0 Å². The number of rotatable bonds is 2. The fourth-order valence-corrected chi connectivity index (χ4v) is 2.59. The minimum atomic E-state index is -1.45. The van der Waals surface area contributed by atoms with Crippen molar-refractivity contribution in [2.24, 2.45) is 17.3 Å². The third-order valence-electron chi connectivity index (χ3n) is 3.88. The van der Waals surface area contributed by atoms with Gasteiger partial charge in [0.15, 0.2) is 0 Å². The summed E-state index contributed by atoms with van der Waals surface area (Å²) in [6.07, 6.45) is 0. The smallest absolute Gasteiger partial charge is 0.329 e. The second kappa shape index (κ2) is 2.64. The van der Waals surface area contributed by atoms with E-state index in [-0.39, 0.29) is 29.1 Å². The number of nitrogens with zero attached hydrogens (tertiary/aromatic N) is 1. The zero-order valence-electron chi connectivity index (χ0n) is 9.77. The van der Waals surface area contributed by atoms with Gasteiger partial charge in [-0.1, -0.05) is 13.8 Å². The Hall–Kier alpha value is -1.39. The van der Waals surface area contributed by atoms with E-state index in [2.05, 4.69) is 0 Å². The van der Waals surface area contributed by atoms with Gasteiger partial charge in [0.25, 0.3) is 0 Å². The molecule has 1 N–H and O–H groups in total. The van der Waals surface area contributed by atoms with Crippen molar-refractivity contribution in [1.82, 2.24) is 4.90 Å². The molecule has 0 radical (unpaired) electrons. The number of amides is 2. The number of piperidine rings is 1. The molecule has 1 aliphatic carbocycles. The maximum atomic E-state index is 12.0. The summed E-state index contributed by atoms with van der Waals surface area (Å²) in [4.78, 5) is 35.9. The summed E-state index contributed by atoms with van der Waals surface area (Å²) in [7, 11) is 0. The standard InChI is InChI=1S/C11H15NO4/c1-10(2)5-6(10)8(14)12(7(5)13)11(3,4)9(15)16/h5-6H,1-4H3,(H,15,16). The highest BCUT2D eigenvalue weighted by Crippen LogP contribution is 2.64. The molecular formula is C11H15NO4. The van der Waals surface area contributed by atoms with Crippen molar-refractivity contribution in [2.75, 3.05) is 0 Å². The lowest BCUT2D eigenvalue weighted by Crippen LogP contribution is -2.55. The topological polar surface area (TPSA) is 74.7 Å². The molecule has 88 valence electrons. The van der Waals surface area contributed by atoms with Gasteiger partial charge in [0.05, 0.1) is 11.8 Å². The van der Waals surface area contributed by atoms with Gasteiger partial charge >= 0.3 is 5.97 Å². The summed E-state index contributed by atoms with van der Waals surface area (Å²) in [6, 6.07) is 0. The quantitative estimate of drug-likeness (QED) is 0.694. The van der Waals surface area contributed by atoms with Crippen molar-refractivity contribution in [3.05, 3.63) is 0 Å². The second-order valence-electron chi connectivity index (χ2n) is 5.65. The largest absolute Gasteiger partial charge is 0.480 e. The SMILES string of the molecule is CC1(C)C2C(=O)N(C(C)(C)C(=O)O)C(=O)C21. The van der Waals surface area contributed by atoms with Gasteiger partial charge in [-0.2, -0.15) is 0 Å². The van der Waals surface area contributed by atoms with Gasteiger partial charge in [-0.15, -0.1) is 0 Å². The Morgan fingerprint density at radius 1 is 1.25 bits per heavy atom. The number of carbonyl (C=O) groups excluding carboxylic acids is 2. The number of likely N-dealkylation sites (tertiary alicyclic amines) is 1. The Morgan fingerprint density at radius 2 is 1.62 bits per heavy atom. The van der Waals surface area contributed by atoms with Crippen LogP contribution in [0.3, 0.4) is 0 Å². The molecule has 2 amide bonds. The summed E-state index contributed by atoms with van der Waals surface area (Å²) in [5, 5.41) is 9.02. The van der Waals surface area contributed by atoms with Gasteiger partial charge in [-0.25, -0.2) is 4.79 Å². The number of hydrogen-bond acceptors (Lipinski definition) is 3. The number of carboxylic acids is 1. The summed E-state index contributed by atoms with van der Waals surface area (Å²) >= 11 is 0. The number of imide groups is 1. The van der Waals surface area contributed by atoms with Crippen LogP contribution in [0.4, 0.5) is 0 Å². The molecule has 1 saturated carbocycles. The van der Waals surface area contributed by atoms with Crippen LogP contribution in [0.5, 0.6) is 0 Å². The van der Waals surface area contributed by atoms with Crippen LogP contribution in [0.25, 0.3) is 0 Å². The minimum absolute atomic E-state index is 0.292. The Balaban J connectivity index is 2.34. The Kier molecular flexibility index (Phi) is 1.84. The highest BCUT2D eigenvalue weighted by molar-refractivity contribution is 6.13. The van der Waals surface area contributed by atoms with E-state index in [9.17, 15) is 14.4 Å². The van der Waals surface area contributed by atoms with E-state index in [1.54, 1.807) is 0 Å². The van der Waals surface area contributed by atoms with Crippen LogP contribution in [0.2, 0.25) is 0 Å². The lowest BCUT2D eigenvalue weighted by atomic mass is 9.99. The highest BCUT2D eigenvalue weighted by Gasteiger charge is 2.74. The minimum Gasteiger partial charge on any atom is -0.480 e. The van der Waals surface area contributed by atoms with Crippen molar-refractivity contribution in [1.29, 1.82) is 0 Å². The molecule has 2 fully saturated rings. The number of carbonyl (C=O) groups is 3. The molecule has 1 heterocycles. The molecule has 1 saturated heterocycles. The Bertz CT molecular complexity index is 386. The van der Waals surface area contributed by atoms with Gasteiger partial charge in [-0.3, -0.25) is 14.5 Å². The zero-order chi connectivity index (χ0) is 12.5. The molecule has 0 bridgehead atoms. The molecular weight excluding hydrogens is 210 g/mol. The molecule has 2 atom stereocenters. The maximum Gasteiger partial charge on any atom is 0.329 e. The van der Waals surface area contributed by atoms with Crippen LogP contribution in [-0.2, 0) is 14.4 Å². The third-order valence-corrected chi connectivity index (χ3v) is 3.88. The lowest BCUT2D eigenvalue weighted by molar-refractivity contribution is -0.163. The van der Waals surface area contributed by atoms with Gasteiger partial charge in [0.2, 0.25) is 11.8 Å². The monoisotopic (exact) mass is 225 g/mol. The molecule has 5 heteroatoms. The van der Waals surface area contributed by atoms with Crippen LogP contribution in [0.1, 0.15) is 27.7 Å². The average Bonchev–Trinajstić information content (AvgIpc) is 2.54. The van der Waals surface area contributed by atoms with E-state index in [4.69, 9.17) is 5.11 Å². The van der Waals surface area contributed by atoms with E-state index in [1.165, 1.54) is 13.8 Å². The van der Waals surface area contributed by atoms with Crippen molar-refractivity contribution in [2.45, 2.75) is 33.2 Å². The Labute approximate surface area is 93.4 Å². The van der Waals surface area contributed by atoms with E-state index < -0.39 is 11.5 Å². The van der Waals surface area contributed by atoms with E-state index in [0.717, 1.165) is 4.90 Å². The molecule has 0 aromatic rings. The fourth-order valence-electron chi connectivity index (χ4n) is 2.59. The van der Waals surface area contributed by atoms with Crippen LogP contribution in [0.15, 0.2) is 0 Å². The van der Waals surface area contributed by atoms with Crippen molar-refractivity contribution < 1.29 is 19.5 Å². The Morgan fingerprint density at radius 3 is 1.94 bits per heavy atom. The van der Waals surface area contributed by atoms with Crippen LogP contribution >= 0.6 is 0 Å². The molecule has 1 aliphatic heterocycles. The summed E-state index contributed by atoms with van der Waals surface area (Å²) in [6.45, 7) is 6.48. The van der Waals surface area contributed by atoms with Gasteiger partial charge in [-0.05, 0) is 19.3 Å². The predicted molar refractivity (Wildman–Crippen MR) is 54.3 cm³/mol. The normalized spacial score (nSPS) is 31.6. The highest BCUT2D eigenvalue weighted by atomic mass is 16.4. The molecule has 16 heavy (non-hydrogen) atoms. The molecule has 5 nitrogen and oxygen atoms in total. The first-order valence-electron chi connectivity index (χ1n) is 5.24. The number of fused-ring (bicyclic) bond motifs is 1. The van der Waals surface area contributed by atoms with Gasteiger partial charge in [0, 0.05) is 0 Å². The molecule has 2 unspecified atom stereocenters. The van der Waals surface area contributed by atoms with E-state index in [1.807, 2.05) is 13.8 Å². The summed E-state index contributed by atoms with van der Waals surface area (Å²) in [5.41, 5.74) is -1.74. The third kappa shape index (κ3) is 1.03. The molecule has 0 aromatic heterocycles. The van der Waals surface area contributed by atoms with Gasteiger partial charge < -0.3 is 5.11 Å². The first-order chi connectivity index (χ1) is 7.13. The number of carboxylic acid groups (broad SMARTS) is 1. The fraction of sp³-hybridized carbons (Fsp3) is 0.727. The molecule has 0 spiro atoms. The first kappa shape index (κ1) is 11.1. The predicted octanol–water partition coefficient (Wildman–Crippen LogP) is 0.491. The number of hydrogen-bond donors (Lipinski definition) is 1. The van der Waals surface area contributed by atoms with Crippen LogP contribution in [0, 0.1) is 17.3 Å².